The van der Waals surface area contributed by atoms with E-state index in [2.05, 4.69) is 16.7 Å². The SMILES string of the molecule is COP(=O)([O-])C(=S)SC.[Na+]. The van der Waals surface area contributed by atoms with Crippen molar-refractivity contribution >= 4 is 35.5 Å². The maximum Gasteiger partial charge on any atom is 1.00 e. The molecule has 0 aliphatic heterocycles. The summed E-state index contributed by atoms with van der Waals surface area (Å²) in [6, 6.07) is 0. The number of rotatable bonds is 2. The maximum atomic E-state index is 10.6. The van der Waals surface area contributed by atoms with Crippen LogP contribution in [0.25, 0.3) is 0 Å². The normalized spacial score (nSPS) is 15.1. The van der Waals surface area contributed by atoms with Gasteiger partial charge < -0.3 is 14.0 Å². The van der Waals surface area contributed by atoms with Crippen molar-refractivity contribution in [1.82, 2.24) is 0 Å². The predicted molar refractivity (Wildman–Crippen MR) is 40.7 cm³/mol. The molecular formula is C3H6NaO3PS2. The zero-order chi connectivity index (χ0) is 7.49. The van der Waals surface area contributed by atoms with Crippen LogP contribution in [0.15, 0.2) is 0 Å². The second-order valence-corrected chi connectivity index (χ2v) is 5.05. The Kier molecular flexibility index (Phi) is 8.68. The van der Waals surface area contributed by atoms with Crippen molar-refractivity contribution in [2.24, 2.45) is 0 Å². The van der Waals surface area contributed by atoms with Gasteiger partial charge in [0.2, 0.25) is 0 Å². The first-order valence-corrected chi connectivity index (χ1v) is 5.17. The Hall–Kier alpha value is 1.59. The van der Waals surface area contributed by atoms with Crippen LogP contribution in [0.5, 0.6) is 0 Å². The van der Waals surface area contributed by atoms with Gasteiger partial charge in [0.15, 0.2) is 7.60 Å². The predicted octanol–water partition coefficient (Wildman–Crippen LogP) is -2.16. The van der Waals surface area contributed by atoms with Crippen LogP contribution in [-0.4, -0.2) is 17.3 Å². The largest absolute Gasteiger partial charge is 1.00 e. The van der Waals surface area contributed by atoms with Crippen LogP contribution in [-0.2, 0) is 9.09 Å². The zero-order valence-electron chi connectivity index (χ0n) is 5.99. The molecule has 54 valence electrons. The molecule has 1 unspecified atom stereocenters. The molecule has 0 aromatic carbocycles. The Morgan fingerprint density at radius 3 is 2.30 bits per heavy atom. The first-order chi connectivity index (χ1) is 4.04. The van der Waals surface area contributed by atoms with Gasteiger partial charge in [-0.15, -0.1) is 11.8 Å². The molecule has 0 saturated carbocycles. The number of thioether (sulfide) groups is 1. The van der Waals surface area contributed by atoms with E-state index < -0.39 is 7.60 Å². The topological polar surface area (TPSA) is 49.4 Å². The fraction of sp³-hybridized carbons (Fsp3) is 0.667. The summed E-state index contributed by atoms with van der Waals surface area (Å²) in [5, 5.41) is 0. The molecule has 0 bridgehead atoms. The van der Waals surface area contributed by atoms with E-state index in [1.54, 1.807) is 6.26 Å². The van der Waals surface area contributed by atoms with E-state index >= 15 is 0 Å². The fourth-order valence-electron chi connectivity index (χ4n) is 0.186. The minimum Gasteiger partial charge on any atom is -0.774 e. The van der Waals surface area contributed by atoms with E-state index in [1.165, 1.54) is 0 Å². The summed E-state index contributed by atoms with van der Waals surface area (Å²) in [6.45, 7) is 0. The summed E-state index contributed by atoms with van der Waals surface area (Å²) in [5.74, 6) is 0. The molecule has 3 nitrogen and oxygen atoms in total. The average molecular weight is 208 g/mol. The number of thiocarbonyl (C=S) groups is 1. The molecule has 0 aromatic heterocycles. The molecule has 0 heterocycles. The smallest absolute Gasteiger partial charge is 0.774 e. The van der Waals surface area contributed by atoms with Crippen LogP contribution in [0, 0.1) is 0 Å². The van der Waals surface area contributed by atoms with Gasteiger partial charge >= 0.3 is 29.6 Å². The van der Waals surface area contributed by atoms with Gasteiger partial charge in [-0.2, -0.15) is 0 Å². The molecule has 0 saturated heterocycles. The van der Waals surface area contributed by atoms with Gasteiger partial charge in [-0.25, -0.2) is 0 Å². The molecule has 0 fully saturated rings. The van der Waals surface area contributed by atoms with Crippen LogP contribution in [0.4, 0.5) is 0 Å². The Bertz CT molecular complexity index is 162. The van der Waals surface area contributed by atoms with Gasteiger partial charge in [0.25, 0.3) is 0 Å². The summed E-state index contributed by atoms with van der Waals surface area (Å²) < 4.78 is 14.6. The molecule has 0 aliphatic carbocycles. The monoisotopic (exact) mass is 208 g/mol. The Balaban J connectivity index is 0. The van der Waals surface area contributed by atoms with Gasteiger partial charge in [0, 0.05) is 7.11 Å². The third-order valence-corrected chi connectivity index (χ3v) is 4.31. The molecule has 0 radical (unpaired) electrons. The summed E-state index contributed by atoms with van der Waals surface area (Å²) in [6.07, 6.45) is 1.59. The first kappa shape index (κ1) is 14.1. The van der Waals surface area contributed by atoms with Gasteiger partial charge in [-0.3, -0.25) is 0 Å². The van der Waals surface area contributed by atoms with Crippen LogP contribution in [0.1, 0.15) is 0 Å². The molecule has 0 rings (SSSR count). The van der Waals surface area contributed by atoms with Crippen molar-refractivity contribution < 1.29 is 43.5 Å². The van der Waals surface area contributed by atoms with E-state index in [1.807, 2.05) is 0 Å². The average Bonchev–Trinajstić information content (AvgIpc) is 1.86. The zero-order valence-corrected chi connectivity index (χ0v) is 10.5. The van der Waals surface area contributed by atoms with Crippen molar-refractivity contribution in [3.63, 3.8) is 0 Å². The Labute approximate surface area is 91.7 Å². The quantitative estimate of drug-likeness (QED) is 0.294. The molecule has 7 heteroatoms. The maximum absolute atomic E-state index is 10.6. The summed E-state index contributed by atoms with van der Waals surface area (Å²) in [7, 11) is -2.73. The minimum absolute atomic E-state index is 0. The molecule has 10 heavy (non-hydrogen) atoms. The molecular weight excluding hydrogens is 202 g/mol. The molecule has 0 N–H and O–H groups in total. The molecule has 0 amide bonds. The van der Waals surface area contributed by atoms with Crippen molar-refractivity contribution in [1.29, 1.82) is 0 Å². The second kappa shape index (κ2) is 6.14. The molecule has 0 spiro atoms. The fourth-order valence-corrected chi connectivity index (χ4v) is 1.68. The van der Waals surface area contributed by atoms with E-state index in [0.717, 1.165) is 18.9 Å². The Morgan fingerprint density at radius 1 is 1.80 bits per heavy atom. The van der Waals surface area contributed by atoms with Gasteiger partial charge in [-0.05, 0) is 6.26 Å². The number of hydrogen-bond donors (Lipinski definition) is 0. The third kappa shape index (κ3) is 4.46. The van der Waals surface area contributed by atoms with Crippen LogP contribution >= 0.6 is 31.6 Å². The summed E-state index contributed by atoms with van der Waals surface area (Å²) in [5.41, 5.74) is 0. The van der Waals surface area contributed by atoms with Crippen molar-refractivity contribution in [3.8, 4) is 0 Å². The van der Waals surface area contributed by atoms with Crippen LogP contribution in [0.2, 0.25) is 0 Å². The summed E-state index contributed by atoms with van der Waals surface area (Å²) >= 11 is 5.44. The second-order valence-electron chi connectivity index (χ2n) is 1.15. The third-order valence-electron chi connectivity index (χ3n) is 0.639. The standard InChI is InChI=1S/C3H7O3PS2.Na/c1-6-7(4,5)3(8)9-2;/h1-2H3,(H,4,5);/q;+1/p-1. The van der Waals surface area contributed by atoms with E-state index in [4.69, 9.17) is 0 Å². The van der Waals surface area contributed by atoms with Gasteiger partial charge in [0.05, 0.1) is 0 Å². The van der Waals surface area contributed by atoms with Gasteiger partial charge in [0.1, 0.15) is 3.94 Å². The molecule has 0 aromatic rings. The number of hydrogen-bond acceptors (Lipinski definition) is 5. The van der Waals surface area contributed by atoms with E-state index in [0.29, 0.717) is 0 Å². The van der Waals surface area contributed by atoms with Crippen molar-refractivity contribution in [2.45, 2.75) is 0 Å². The summed E-state index contributed by atoms with van der Waals surface area (Å²) in [4.78, 5) is 10.6. The molecule has 0 aliphatic rings. The molecule has 1 atom stereocenters. The van der Waals surface area contributed by atoms with E-state index in [9.17, 15) is 9.46 Å². The Morgan fingerprint density at radius 2 is 2.20 bits per heavy atom. The first-order valence-electron chi connectivity index (χ1n) is 2.00. The van der Waals surface area contributed by atoms with Crippen molar-refractivity contribution in [2.75, 3.05) is 13.4 Å². The van der Waals surface area contributed by atoms with Crippen LogP contribution < -0.4 is 34.5 Å². The van der Waals surface area contributed by atoms with Crippen LogP contribution in [0.3, 0.4) is 0 Å². The van der Waals surface area contributed by atoms with Crippen molar-refractivity contribution in [3.05, 3.63) is 0 Å². The van der Waals surface area contributed by atoms with Gasteiger partial charge in [-0.1, -0.05) is 12.2 Å². The minimum atomic E-state index is -3.82. The van der Waals surface area contributed by atoms with E-state index in [-0.39, 0.29) is 33.5 Å².